The van der Waals surface area contributed by atoms with Crippen LogP contribution in [0, 0.1) is 5.82 Å². The average Bonchev–Trinajstić information content (AvgIpc) is 2.69. The minimum atomic E-state index is -0.310. The minimum absolute atomic E-state index is 0.0334. The molecule has 0 unspecified atom stereocenters. The normalized spacial score (nSPS) is 13.7. The number of amides is 1. The first kappa shape index (κ1) is 13.1. The van der Waals surface area contributed by atoms with Gasteiger partial charge in [-0.25, -0.2) is 4.39 Å². The molecule has 2 aromatic rings. The van der Waals surface area contributed by atoms with Gasteiger partial charge in [0, 0.05) is 11.4 Å². The predicted octanol–water partition coefficient (Wildman–Crippen LogP) is 3.26. The molecule has 3 nitrogen and oxygen atoms in total. The van der Waals surface area contributed by atoms with Crippen molar-refractivity contribution in [3.05, 3.63) is 57.8 Å². The van der Waals surface area contributed by atoms with E-state index in [0.29, 0.717) is 23.1 Å². The van der Waals surface area contributed by atoms with Crippen LogP contribution in [0.3, 0.4) is 0 Å². The van der Waals surface area contributed by atoms with Crippen LogP contribution in [0.15, 0.2) is 40.9 Å². The number of hydrogen-bond acceptors (Lipinski definition) is 2. The molecule has 0 bridgehead atoms. The molecule has 0 aromatic heterocycles. The molecular weight excluding hydrogens is 323 g/mol. The molecule has 1 aliphatic rings. The van der Waals surface area contributed by atoms with Gasteiger partial charge in [-0.3, -0.25) is 4.79 Å². The van der Waals surface area contributed by atoms with Crippen LogP contribution in [0.5, 0.6) is 0 Å². The predicted molar refractivity (Wildman–Crippen MR) is 79.8 cm³/mol. The summed E-state index contributed by atoms with van der Waals surface area (Å²) in [5.41, 5.74) is 9.08. The molecule has 20 heavy (non-hydrogen) atoms. The van der Waals surface area contributed by atoms with Crippen molar-refractivity contribution in [2.45, 2.75) is 13.0 Å². The fourth-order valence-electron chi connectivity index (χ4n) is 2.40. The summed E-state index contributed by atoms with van der Waals surface area (Å²) in [6.07, 6.45) is 0.364. The Bertz CT molecular complexity index is 702. The maximum Gasteiger partial charge on any atom is 0.231 e. The summed E-state index contributed by atoms with van der Waals surface area (Å²) in [6, 6.07) is 10.2. The highest BCUT2D eigenvalue weighted by Crippen LogP contribution is 2.32. The zero-order valence-electron chi connectivity index (χ0n) is 10.6. The van der Waals surface area contributed by atoms with Gasteiger partial charge >= 0.3 is 0 Å². The Morgan fingerprint density at radius 1 is 1.25 bits per heavy atom. The van der Waals surface area contributed by atoms with E-state index in [1.807, 2.05) is 12.1 Å². The van der Waals surface area contributed by atoms with E-state index in [1.165, 1.54) is 6.07 Å². The molecule has 3 rings (SSSR count). The smallest absolute Gasteiger partial charge is 0.231 e. The van der Waals surface area contributed by atoms with Gasteiger partial charge in [-0.15, -0.1) is 0 Å². The third-order valence-corrected chi connectivity index (χ3v) is 3.97. The molecule has 0 radical (unpaired) electrons. The van der Waals surface area contributed by atoms with Crippen LogP contribution >= 0.6 is 15.9 Å². The van der Waals surface area contributed by atoms with Crippen LogP contribution in [0.25, 0.3) is 0 Å². The van der Waals surface area contributed by atoms with E-state index in [4.69, 9.17) is 5.73 Å². The molecule has 1 amide bonds. The minimum Gasteiger partial charge on any atom is -0.399 e. The van der Waals surface area contributed by atoms with E-state index in [9.17, 15) is 9.18 Å². The number of halogens is 2. The first-order valence-electron chi connectivity index (χ1n) is 6.17. The molecule has 0 atom stereocenters. The topological polar surface area (TPSA) is 46.3 Å². The number of carbonyl (C=O) groups excluding carboxylic acids is 1. The summed E-state index contributed by atoms with van der Waals surface area (Å²) in [5.74, 6) is -0.277. The second kappa shape index (κ2) is 4.90. The number of nitrogens with two attached hydrogens (primary N) is 1. The first-order chi connectivity index (χ1) is 9.54. The Labute approximate surface area is 124 Å². The molecule has 2 N–H and O–H groups in total. The molecule has 0 fully saturated rings. The zero-order valence-corrected chi connectivity index (χ0v) is 12.2. The zero-order chi connectivity index (χ0) is 14.3. The first-order valence-corrected chi connectivity index (χ1v) is 6.96. The third kappa shape index (κ3) is 2.29. The Balaban J connectivity index is 1.92. The fourth-order valence-corrected chi connectivity index (χ4v) is 2.82. The van der Waals surface area contributed by atoms with Gasteiger partial charge in [0.1, 0.15) is 5.82 Å². The van der Waals surface area contributed by atoms with Crippen molar-refractivity contribution in [1.29, 1.82) is 0 Å². The van der Waals surface area contributed by atoms with E-state index in [2.05, 4.69) is 15.9 Å². The van der Waals surface area contributed by atoms with Crippen LogP contribution in [0.4, 0.5) is 15.8 Å². The molecule has 5 heteroatoms. The number of benzene rings is 2. The number of rotatable bonds is 2. The van der Waals surface area contributed by atoms with Crippen LogP contribution in [0.2, 0.25) is 0 Å². The van der Waals surface area contributed by atoms with Gasteiger partial charge in [-0.1, -0.05) is 6.07 Å². The van der Waals surface area contributed by atoms with Crippen molar-refractivity contribution in [3.8, 4) is 0 Å². The summed E-state index contributed by atoms with van der Waals surface area (Å²) >= 11 is 3.16. The van der Waals surface area contributed by atoms with Crippen molar-refractivity contribution >= 4 is 33.2 Å². The highest BCUT2D eigenvalue weighted by Gasteiger charge is 2.27. The van der Waals surface area contributed by atoms with Gasteiger partial charge < -0.3 is 10.6 Å². The maximum atomic E-state index is 13.2. The van der Waals surface area contributed by atoms with Gasteiger partial charge in [0.2, 0.25) is 5.91 Å². The third-order valence-electron chi connectivity index (χ3n) is 3.36. The molecule has 2 aromatic carbocycles. The molecule has 1 aliphatic heterocycles. The Morgan fingerprint density at radius 3 is 2.80 bits per heavy atom. The van der Waals surface area contributed by atoms with E-state index in [0.717, 1.165) is 16.8 Å². The van der Waals surface area contributed by atoms with Crippen molar-refractivity contribution in [2.75, 3.05) is 10.6 Å². The highest BCUT2D eigenvalue weighted by molar-refractivity contribution is 9.10. The van der Waals surface area contributed by atoms with Crippen molar-refractivity contribution in [2.24, 2.45) is 0 Å². The quantitative estimate of drug-likeness (QED) is 0.857. The highest BCUT2D eigenvalue weighted by atomic mass is 79.9. The second-order valence-corrected chi connectivity index (χ2v) is 5.65. The standard InChI is InChI=1S/C15H12BrFN2O/c16-12-5-9(1-3-13(12)17)8-19-14-4-2-11(18)6-10(14)7-15(19)20/h1-6H,7-8,18H2. The number of nitrogen functional groups attached to an aromatic ring is 1. The molecular formula is C15H12BrFN2O. The lowest BCUT2D eigenvalue weighted by molar-refractivity contribution is -0.117. The number of anilines is 2. The van der Waals surface area contributed by atoms with Crippen molar-refractivity contribution in [1.82, 2.24) is 0 Å². The van der Waals surface area contributed by atoms with E-state index in [-0.39, 0.29) is 11.7 Å². The number of hydrogen-bond donors (Lipinski definition) is 1. The number of nitrogens with zero attached hydrogens (tertiary/aromatic N) is 1. The van der Waals surface area contributed by atoms with Gasteiger partial charge in [0.05, 0.1) is 17.4 Å². The van der Waals surface area contributed by atoms with Gasteiger partial charge in [-0.05, 0) is 57.4 Å². The van der Waals surface area contributed by atoms with E-state index in [1.54, 1.807) is 23.1 Å². The Hall–Kier alpha value is -1.88. The Morgan fingerprint density at radius 2 is 2.05 bits per heavy atom. The van der Waals surface area contributed by atoms with Gasteiger partial charge in [0.15, 0.2) is 0 Å². The van der Waals surface area contributed by atoms with Crippen LogP contribution in [-0.4, -0.2) is 5.91 Å². The molecule has 0 saturated carbocycles. The van der Waals surface area contributed by atoms with Gasteiger partial charge in [0.25, 0.3) is 0 Å². The summed E-state index contributed by atoms with van der Waals surface area (Å²) in [5, 5.41) is 0. The Kier molecular flexibility index (Phi) is 3.22. The summed E-state index contributed by atoms with van der Waals surface area (Å²) < 4.78 is 13.6. The molecule has 0 spiro atoms. The average molecular weight is 335 g/mol. The molecule has 0 saturated heterocycles. The fraction of sp³-hybridized carbons (Fsp3) is 0.133. The van der Waals surface area contributed by atoms with Crippen molar-refractivity contribution < 1.29 is 9.18 Å². The molecule has 102 valence electrons. The monoisotopic (exact) mass is 334 g/mol. The van der Waals surface area contributed by atoms with Gasteiger partial charge in [-0.2, -0.15) is 0 Å². The van der Waals surface area contributed by atoms with Crippen molar-refractivity contribution in [3.63, 3.8) is 0 Å². The summed E-state index contributed by atoms with van der Waals surface area (Å²) in [4.78, 5) is 13.8. The lowest BCUT2D eigenvalue weighted by Crippen LogP contribution is -2.26. The number of carbonyl (C=O) groups is 1. The largest absolute Gasteiger partial charge is 0.399 e. The molecule has 0 aliphatic carbocycles. The van der Waals surface area contributed by atoms with Crippen LogP contribution in [-0.2, 0) is 17.8 Å². The van der Waals surface area contributed by atoms with Crippen LogP contribution < -0.4 is 10.6 Å². The summed E-state index contributed by atoms with van der Waals surface area (Å²) in [7, 11) is 0. The summed E-state index contributed by atoms with van der Waals surface area (Å²) in [6.45, 7) is 0.425. The SMILES string of the molecule is Nc1ccc2c(c1)CC(=O)N2Cc1ccc(F)c(Br)c1. The lowest BCUT2D eigenvalue weighted by atomic mass is 10.1. The maximum absolute atomic E-state index is 13.2. The lowest BCUT2D eigenvalue weighted by Gasteiger charge is -2.18. The van der Waals surface area contributed by atoms with E-state index < -0.39 is 0 Å². The second-order valence-electron chi connectivity index (χ2n) is 4.79. The van der Waals surface area contributed by atoms with Crippen LogP contribution in [0.1, 0.15) is 11.1 Å². The molecule has 1 heterocycles. The number of fused-ring (bicyclic) bond motifs is 1. The van der Waals surface area contributed by atoms with E-state index >= 15 is 0 Å².